The first-order valence-electron chi connectivity index (χ1n) is 11.6. The molecule has 0 aliphatic rings. The van der Waals surface area contributed by atoms with Crippen LogP contribution in [0.5, 0.6) is 0 Å². The molecule has 0 radical (unpaired) electrons. The van der Waals surface area contributed by atoms with Crippen molar-refractivity contribution in [2.45, 2.75) is 51.3 Å². The number of fused-ring (bicyclic) bond motifs is 1. The van der Waals surface area contributed by atoms with Crippen LogP contribution in [0.25, 0.3) is 10.8 Å². The van der Waals surface area contributed by atoms with Gasteiger partial charge in [0.2, 0.25) is 0 Å². The Hall–Kier alpha value is -3.07. The number of hydrogen-bond acceptors (Lipinski definition) is 4. The molecule has 37 heavy (non-hydrogen) atoms. The molecule has 0 aromatic heterocycles. The highest BCUT2D eigenvalue weighted by Crippen LogP contribution is 2.39. The average Bonchev–Trinajstić information content (AvgIpc) is 2.74. The van der Waals surface area contributed by atoms with Gasteiger partial charge in [0.05, 0.1) is 26.2 Å². The number of rotatable bonds is 6. The fourth-order valence-corrected chi connectivity index (χ4v) is 8.49. The maximum absolute atomic E-state index is 13.5. The SMILES string of the molecule is Cc1cc(C)c(S(=O)(=O)Nc2cc(Cl)c(NS(=O)(=O)c3c(C)cc(C)cc3C)c3ccccc23)c(C)c1. The lowest BCUT2D eigenvalue weighted by atomic mass is 10.1. The molecule has 4 aromatic rings. The Kier molecular flexibility index (Phi) is 7.05. The standard InChI is InChI=1S/C28H29ClN2O4S2/c1-16-11-18(3)27(19(4)12-16)36(32,33)30-25-15-24(29)26(23-10-8-7-9-22(23)25)31-37(34,35)28-20(5)13-17(2)14-21(28)6/h7-15,30-31H,1-6H3. The van der Waals surface area contributed by atoms with Gasteiger partial charge < -0.3 is 0 Å². The molecule has 0 aliphatic heterocycles. The largest absolute Gasteiger partial charge is 0.279 e. The average molecular weight is 557 g/mol. The van der Waals surface area contributed by atoms with Crippen LogP contribution in [-0.4, -0.2) is 16.8 Å². The third-order valence-corrected chi connectivity index (χ3v) is 9.85. The second-order valence-corrected chi connectivity index (χ2v) is 13.1. The third kappa shape index (κ3) is 5.19. The first-order valence-corrected chi connectivity index (χ1v) is 15.0. The zero-order chi connectivity index (χ0) is 27.3. The molecule has 0 unspecified atom stereocenters. The highest BCUT2D eigenvalue weighted by atomic mass is 35.5. The molecule has 0 heterocycles. The first-order chi connectivity index (χ1) is 17.2. The number of anilines is 2. The van der Waals surface area contributed by atoms with Gasteiger partial charge in [0.15, 0.2) is 0 Å². The summed E-state index contributed by atoms with van der Waals surface area (Å²) >= 11 is 6.60. The van der Waals surface area contributed by atoms with E-state index in [1.54, 1.807) is 52.0 Å². The Morgan fingerprint density at radius 3 is 1.46 bits per heavy atom. The lowest BCUT2D eigenvalue weighted by Crippen LogP contribution is -2.18. The molecule has 4 aromatic carbocycles. The lowest BCUT2D eigenvalue weighted by molar-refractivity contribution is 0.598. The lowest BCUT2D eigenvalue weighted by Gasteiger charge is -2.19. The van der Waals surface area contributed by atoms with Gasteiger partial charge in [0.1, 0.15) is 0 Å². The van der Waals surface area contributed by atoms with E-state index in [9.17, 15) is 16.8 Å². The van der Waals surface area contributed by atoms with E-state index < -0.39 is 20.0 Å². The van der Waals surface area contributed by atoms with E-state index in [1.807, 2.05) is 38.1 Å². The topological polar surface area (TPSA) is 92.3 Å². The van der Waals surface area contributed by atoms with Crippen LogP contribution in [-0.2, 0) is 20.0 Å². The van der Waals surface area contributed by atoms with Gasteiger partial charge in [-0.05, 0) is 69.9 Å². The third-order valence-electron chi connectivity index (χ3n) is 6.22. The molecule has 0 atom stereocenters. The van der Waals surface area contributed by atoms with Crippen LogP contribution in [0.1, 0.15) is 33.4 Å². The van der Waals surface area contributed by atoms with Crippen molar-refractivity contribution < 1.29 is 16.8 Å². The van der Waals surface area contributed by atoms with Crippen LogP contribution in [0.2, 0.25) is 5.02 Å². The maximum atomic E-state index is 13.5. The fourth-order valence-electron chi connectivity index (χ4n) is 5.09. The maximum Gasteiger partial charge on any atom is 0.262 e. The summed E-state index contributed by atoms with van der Waals surface area (Å²) in [5.41, 5.74) is 4.89. The Morgan fingerprint density at radius 1 is 0.595 bits per heavy atom. The quantitative estimate of drug-likeness (QED) is 0.269. The van der Waals surface area contributed by atoms with E-state index in [0.717, 1.165) is 11.1 Å². The monoisotopic (exact) mass is 556 g/mol. The summed E-state index contributed by atoms with van der Waals surface area (Å²) in [4.78, 5) is 0.391. The van der Waals surface area contributed by atoms with Gasteiger partial charge >= 0.3 is 0 Å². The van der Waals surface area contributed by atoms with Gasteiger partial charge in [0.25, 0.3) is 20.0 Å². The minimum absolute atomic E-state index is 0.0692. The van der Waals surface area contributed by atoms with Crippen LogP contribution < -0.4 is 9.44 Å². The normalized spacial score (nSPS) is 12.1. The van der Waals surface area contributed by atoms with Gasteiger partial charge in [-0.2, -0.15) is 0 Å². The van der Waals surface area contributed by atoms with Crippen LogP contribution >= 0.6 is 11.6 Å². The van der Waals surface area contributed by atoms with E-state index in [-0.39, 0.29) is 26.2 Å². The molecule has 0 aliphatic carbocycles. The molecule has 6 nitrogen and oxygen atoms in total. The van der Waals surface area contributed by atoms with Gasteiger partial charge in [-0.15, -0.1) is 0 Å². The van der Waals surface area contributed by atoms with E-state index >= 15 is 0 Å². The summed E-state index contributed by atoms with van der Waals surface area (Å²) < 4.78 is 59.2. The Morgan fingerprint density at radius 2 is 1.00 bits per heavy atom. The van der Waals surface area contributed by atoms with Crippen molar-refractivity contribution in [2.75, 3.05) is 9.44 Å². The molecule has 0 spiro atoms. The number of sulfonamides is 2. The second kappa shape index (κ2) is 9.67. The van der Waals surface area contributed by atoms with Gasteiger partial charge in [-0.1, -0.05) is 71.3 Å². The molecule has 0 saturated carbocycles. The van der Waals surface area contributed by atoms with Gasteiger partial charge in [0, 0.05) is 10.8 Å². The van der Waals surface area contributed by atoms with Crippen molar-refractivity contribution in [2.24, 2.45) is 0 Å². The smallest absolute Gasteiger partial charge is 0.262 e. The van der Waals surface area contributed by atoms with Crippen molar-refractivity contribution in [1.29, 1.82) is 0 Å². The molecule has 4 rings (SSSR count). The van der Waals surface area contributed by atoms with E-state index in [2.05, 4.69) is 9.44 Å². The van der Waals surface area contributed by atoms with Crippen LogP contribution in [0.15, 0.2) is 64.4 Å². The van der Waals surface area contributed by atoms with Gasteiger partial charge in [-0.3, -0.25) is 9.44 Å². The minimum atomic E-state index is -3.98. The summed E-state index contributed by atoms with van der Waals surface area (Å²) in [6.45, 7) is 10.8. The van der Waals surface area contributed by atoms with Crippen LogP contribution in [0.4, 0.5) is 11.4 Å². The Labute approximate surface area is 223 Å². The van der Waals surface area contributed by atoms with Crippen molar-refractivity contribution in [3.8, 4) is 0 Å². The Balaban J connectivity index is 1.83. The zero-order valence-electron chi connectivity index (χ0n) is 21.5. The number of hydrogen-bond donors (Lipinski definition) is 2. The van der Waals surface area contributed by atoms with Gasteiger partial charge in [-0.25, -0.2) is 16.8 Å². The first kappa shape index (κ1) is 27.0. The summed E-state index contributed by atoms with van der Waals surface area (Å²) in [7, 11) is -7.94. The molecular weight excluding hydrogens is 528 g/mol. The predicted molar refractivity (Wildman–Crippen MR) is 152 cm³/mol. The van der Waals surface area contributed by atoms with E-state index in [1.165, 1.54) is 6.07 Å². The molecule has 0 bridgehead atoms. The van der Waals surface area contributed by atoms with Crippen molar-refractivity contribution in [3.05, 3.63) is 93.0 Å². The predicted octanol–water partition coefficient (Wildman–Crippen LogP) is 6.95. The summed E-state index contributed by atoms with van der Waals surface area (Å²) in [6, 6.07) is 15.6. The van der Waals surface area contributed by atoms with Crippen molar-refractivity contribution in [1.82, 2.24) is 0 Å². The van der Waals surface area contributed by atoms with Crippen molar-refractivity contribution >= 4 is 53.8 Å². The molecule has 9 heteroatoms. The number of halogens is 1. The second-order valence-electron chi connectivity index (χ2n) is 9.49. The molecule has 0 saturated heterocycles. The highest BCUT2D eigenvalue weighted by Gasteiger charge is 2.25. The number of aryl methyl sites for hydroxylation is 6. The summed E-state index contributed by atoms with van der Waals surface area (Å²) in [6.07, 6.45) is 0. The van der Waals surface area contributed by atoms with E-state index in [4.69, 9.17) is 11.6 Å². The minimum Gasteiger partial charge on any atom is -0.279 e. The molecule has 0 fully saturated rings. The van der Waals surface area contributed by atoms with E-state index in [0.29, 0.717) is 33.0 Å². The highest BCUT2D eigenvalue weighted by molar-refractivity contribution is 7.93. The summed E-state index contributed by atoms with van der Waals surface area (Å²) in [5, 5.41) is 1.05. The van der Waals surface area contributed by atoms with Crippen molar-refractivity contribution in [3.63, 3.8) is 0 Å². The molecule has 0 amide bonds. The van der Waals surface area contributed by atoms with Crippen LogP contribution in [0.3, 0.4) is 0 Å². The zero-order valence-corrected chi connectivity index (χ0v) is 23.9. The number of benzene rings is 4. The van der Waals surface area contributed by atoms with Crippen LogP contribution in [0, 0.1) is 41.5 Å². The Bertz CT molecular complexity index is 1730. The molecule has 2 N–H and O–H groups in total. The molecular formula is C28H29ClN2O4S2. The summed E-state index contributed by atoms with van der Waals surface area (Å²) in [5.74, 6) is 0. The fraction of sp³-hybridized carbons (Fsp3) is 0.214. The molecule has 194 valence electrons. The number of nitrogens with one attached hydrogen (secondary N) is 2.